The summed E-state index contributed by atoms with van der Waals surface area (Å²) in [6.07, 6.45) is 3.98. The molecule has 1 aliphatic carbocycles. The minimum Gasteiger partial charge on any atom is -0.241 e. The summed E-state index contributed by atoms with van der Waals surface area (Å²) >= 11 is 5.37. The van der Waals surface area contributed by atoms with Crippen molar-refractivity contribution in [3.8, 4) is 11.3 Å². The van der Waals surface area contributed by atoms with E-state index in [4.69, 9.17) is 4.98 Å². The summed E-state index contributed by atoms with van der Waals surface area (Å²) < 4.78 is 1.12. The first-order valence-electron chi connectivity index (χ1n) is 6.86. The van der Waals surface area contributed by atoms with Crippen molar-refractivity contribution in [3.63, 3.8) is 0 Å². The summed E-state index contributed by atoms with van der Waals surface area (Å²) in [6.45, 7) is 4.55. The number of thiazole rings is 1. The van der Waals surface area contributed by atoms with Crippen LogP contribution < -0.4 is 0 Å². The number of rotatable bonds is 2. The highest BCUT2D eigenvalue weighted by Crippen LogP contribution is 2.41. The Kier molecular flexibility index (Phi) is 3.77. The zero-order chi connectivity index (χ0) is 13.4. The van der Waals surface area contributed by atoms with Crippen LogP contribution in [0.5, 0.6) is 0 Å². The molecule has 0 spiro atoms. The minimum atomic E-state index is 0.697. The van der Waals surface area contributed by atoms with E-state index in [0.717, 1.165) is 10.4 Å². The third-order valence-corrected chi connectivity index (χ3v) is 5.64. The molecule has 1 nitrogen and oxygen atoms in total. The van der Waals surface area contributed by atoms with Crippen LogP contribution in [0.2, 0.25) is 0 Å². The second-order valence-electron chi connectivity index (χ2n) is 5.58. The lowest BCUT2D eigenvalue weighted by Gasteiger charge is -2.04. The van der Waals surface area contributed by atoms with Gasteiger partial charge in [-0.2, -0.15) is 0 Å². The van der Waals surface area contributed by atoms with Crippen molar-refractivity contribution in [2.45, 2.75) is 39.0 Å². The van der Waals surface area contributed by atoms with Crippen molar-refractivity contribution < 1.29 is 0 Å². The predicted molar refractivity (Wildman–Crippen MR) is 85.7 cm³/mol. The molecule has 0 radical (unpaired) electrons. The zero-order valence-electron chi connectivity index (χ0n) is 11.3. The van der Waals surface area contributed by atoms with E-state index in [1.165, 1.54) is 40.4 Å². The van der Waals surface area contributed by atoms with E-state index in [0.29, 0.717) is 5.92 Å². The Bertz CT molecular complexity index is 573. The third kappa shape index (κ3) is 2.77. The molecule has 2 aromatic rings. The standard InChI is InChI=1S/C16H18BrNS/c1-10-3-4-13(9-10)16-18-15(11(2)19-16)12-5-7-14(17)8-6-12/h5-8,10,13H,3-4,9H2,1-2H3. The molecule has 1 aromatic heterocycles. The van der Waals surface area contributed by atoms with Gasteiger partial charge < -0.3 is 0 Å². The van der Waals surface area contributed by atoms with Crippen molar-refractivity contribution >= 4 is 27.3 Å². The van der Waals surface area contributed by atoms with Crippen LogP contribution in [-0.2, 0) is 0 Å². The SMILES string of the molecule is Cc1sc(C2CCC(C)C2)nc1-c1ccc(Br)cc1. The molecule has 1 heterocycles. The largest absolute Gasteiger partial charge is 0.241 e. The average molecular weight is 336 g/mol. The Hall–Kier alpha value is -0.670. The molecule has 0 aliphatic heterocycles. The van der Waals surface area contributed by atoms with Crippen LogP contribution in [-0.4, -0.2) is 4.98 Å². The molecule has 2 unspecified atom stereocenters. The fraction of sp³-hybridized carbons (Fsp3) is 0.438. The molecular formula is C16H18BrNS. The van der Waals surface area contributed by atoms with Gasteiger partial charge in [0.1, 0.15) is 0 Å². The predicted octanol–water partition coefficient (Wildman–Crippen LogP) is 5.78. The monoisotopic (exact) mass is 335 g/mol. The van der Waals surface area contributed by atoms with Crippen LogP contribution in [0.25, 0.3) is 11.3 Å². The third-order valence-electron chi connectivity index (χ3n) is 3.97. The van der Waals surface area contributed by atoms with Gasteiger partial charge in [0.05, 0.1) is 10.7 Å². The van der Waals surface area contributed by atoms with Crippen LogP contribution in [0.3, 0.4) is 0 Å². The highest BCUT2D eigenvalue weighted by Gasteiger charge is 2.26. The number of hydrogen-bond acceptors (Lipinski definition) is 2. The molecule has 3 heteroatoms. The first-order valence-corrected chi connectivity index (χ1v) is 8.47. The Morgan fingerprint density at radius 1 is 1.21 bits per heavy atom. The number of aryl methyl sites for hydroxylation is 1. The maximum Gasteiger partial charge on any atom is 0.0966 e. The molecule has 1 aromatic carbocycles. The lowest BCUT2D eigenvalue weighted by Crippen LogP contribution is -1.92. The maximum atomic E-state index is 4.93. The summed E-state index contributed by atoms with van der Waals surface area (Å²) in [5.74, 6) is 1.56. The molecule has 1 fully saturated rings. The number of hydrogen-bond donors (Lipinski definition) is 0. The Morgan fingerprint density at radius 3 is 2.58 bits per heavy atom. The highest BCUT2D eigenvalue weighted by atomic mass is 79.9. The number of aromatic nitrogens is 1. The number of benzene rings is 1. The van der Waals surface area contributed by atoms with Crippen LogP contribution >= 0.6 is 27.3 Å². The minimum absolute atomic E-state index is 0.697. The number of nitrogens with zero attached hydrogens (tertiary/aromatic N) is 1. The Morgan fingerprint density at radius 2 is 1.95 bits per heavy atom. The van der Waals surface area contributed by atoms with Crippen molar-refractivity contribution in [2.24, 2.45) is 5.92 Å². The highest BCUT2D eigenvalue weighted by molar-refractivity contribution is 9.10. The smallest absolute Gasteiger partial charge is 0.0966 e. The van der Waals surface area contributed by atoms with E-state index >= 15 is 0 Å². The van der Waals surface area contributed by atoms with Gasteiger partial charge in [-0.15, -0.1) is 11.3 Å². The summed E-state index contributed by atoms with van der Waals surface area (Å²) in [5, 5.41) is 1.35. The van der Waals surface area contributed by atoms with Crippen molar-refractivity contribution in [2.75, 3.05) is 0 Å². The average Bonchev–Trinajstić information content (AvgIpc) is 2.97. The Labute approximate surface area is 127 Å². The zero-order valence-corrected chi connectivity index (χ0v) is 13.7. The van der Waals surface area contributed by atoms with Gasteiger partial charge in [0.15, 0.2) is 0 Å². The van der Waals surface area contributed by atoms with Gasteiger partial charge in [-0.05, 0) is 37.8 Å². The molecule has 2 atom stereocenters. The molecule has 0 amide bonds. The molecule has 1 aliphatic rings. The molecule has 19 heavy (non-hydrogen) atoms. The van der Waals surface area contributed by atoms with Gasteiger partial charge in [-0.25, -0.2) is 4.98 Å². The van der Waals surface area contributed by atoms with E-state index in [2.05, 4.69) is 54.0 Å². The molecule has 0 saturated heterocycles. The van der Waals surface area contributed by atoms with E-state index in [1.807, 2.05) is 11.3 Å². The van der Waals surface area contributed by atoms with Gasteiger partial charge >= 0.3 is 0 Å². The number of halogens is 1. The summed E-state index contributed by atoms with van der Waals surface area (Å²) in [7, 11) is 0. The van der Waals surface area contributed by atoms with E-state index in [9.17, 15) is 0 Å². The van der Waals surface area contributed by atoms with E-state index in [1.54, 1.807) is 0 Å². The van der Waals surface area contributed by atoms with Crippen LogP contribution in [0, 0.1) is 12.8 Å². The normalized spacial score (nSPS) is 22.9. The summed E-state index contributed by atoms with van der Waals surface area (Å²) in [6, 6.07) is 8.47. The van der Waals surface area contributed by atoms with Crippen LogP contribution in [0.15, 0.2) is 28.7 Å². The summed E-state index contributed by atoms with van der Waals surface area (Å²) in [5.41, 5.74) is 2.40. The molecule has 1 saturated carbocycles. The molecular weight excluding hydrogens is 318 g/mol. The van der Waals surface area contributed by atoms with Crippen molar-refractivity contribution in [1.82, 2.24) is 4.98 Å². The van der Waals surface area contributed by atoms with Gasteiger partial charge in [-0.3, -0.25) is 0 Å². The fourth-order valence-corrected chi connectivity index (χ4v) is 4.25. The van der Waals surface area contributed by atoms with Gasteiger partial charge in [0.2, 0.25) is 0 Å². The lowest BCUT2D eigenvalue weighted by atomic mass is 10.1. The molecule has 3 rings (SSSR count). The van der Waals surface area contributed by atoms with Gasteiger partial charge in [-0.1, -0.05) is 41.4 Å². The molecule has 0 bridgehead atoms. The van der Waals surface area contributed by atoms with Crippen molar-refractivity contribution in [1.29, 1.82) is 0 Å². The lowest BCUT2D eigenvalue weighted by molar-refractivity contribution is 0.596. The van der Waals surface area contributed by atoms with E-state index < -0.39 is 0 Å². The first-order chi connectivity index (χ1) is 9.13. The van der Waals surface area contributed by atoms with E-state index in [-0.39, 0.29) is 0 Å². The van der Waals surface area contributed by atoms with Gasteiger partial charge in [0, 0.05) is 20.8 Å². The quantitative estimate of drug-likeness (QED) is 0.677. The molecule has 0 N–H and O–H groups in total. The second kappa shape index (κ2) is 5.37. The second-order valence-corrected chi connectivity index (χ2v) is 7.73. The van der Waals surface area contributed by atoms with Crippen molar-refractivity contribution in [3.05, 3.63) is 38.6 Å². The first kappa shape index (κ1) is 13.3. The maximum absolute atomic E-state index is 4.93. The van der Waals surface area contributed by atoms with Gasteiger partial charge in [0.25, 0.3) is 0 Å². The Balaban J connectivity index is 1.91. The van der Waals surface area contributed by atoms with Crippen LogP contribution in [0.4, 0.5) is 0 Å². The molecule has 100 valence electrons. The topological polar surface area (TPSA) is 12.9 Å². The fourth-order valence-electron chi connectivity index (χ4n) is 2.90. The summed E-state index contributed by atoms with van der Waals surface area (Å²) in [4.78, 5) is 6.27. The van der Waals surface area contributed by atoms with Crippen LogP contribution in [0.1, 0.15) is 42.0 Å².